The quantitative estimate of drug-likeness (QED) is 0.619. The first-order chi connectivity index (χ1) is 8.34. The van der Waals surface area contributed by atoms with Crippen LogP contribution >= 0.6 is 0 Å². The van der Waals surface area contributed by atoms with Crippen LogP contribution in [0.25, 0.3) is 0 Å². The SMILES string of the molecule is COc1ccc(C)cc1C(NN)C(C)(C)N(C)C. The van der Waals surface area contributed by atoms with Gasteiger partial charge in [0.25, 0.3) is 0 Å². The maximum Gasteiger partial charge on any atom is 0.123 e. The first-order valence-corrected chi connectivity index (χ1v) is 6.12. The molecule has 0 amide bonds. The molecule has 3 N–H and O–H groups in total. The summed E-state index contributed by atoms with van der Waals surface area (Å²) in [4.78, 5) is 2.15. The summed E-state index contributed by atoms with van der Waals surface area (Å²) < 4.78 is 5.44. The van der Waals surface area contributed by atoms with Gasteiger partial charge in [-0.15, -0.1) is 0 Å². The van der Waals surface area contributed by atoms with Crippen LogP contribution in [0.15, 0.2) is 18.2 Å². The van der Waals surface area contributed by atoms with Crippen LogP contribution in [-0.2, 0) is 0 Å². The molecule has 18 heavy (non-hydrogen) atoms. The highest BCUT2D eigenvalue weighted by atomic mass is 16.5. The van der Waals surface area contributed by atoms with Crippen molar-refractivity contribution < 1.29 is 4.74 Å². The van der Waals surface area contributed by atoms with E-state index >= 15 is 0 Å². The lowest BCUT2D eigenvalue weighted by molar-refractivity contribution is 0.136. The number of aryl methyl sites for hydroxylation is 1. The van der Waals surface area contributed by atoms with Crippen LogP contribution in [0, 0.1) is 6.92 Å². The molecule has 0 bridgehead atoms. The number of methoxy groups -OCH3 is 1. The molecule has 0 saturated carbocycles. The first-order valence-electron chi connectivity index (χ1n) is 6.12. The maximum atomic E-state index is 5.77. The Morgan fingerprint density at radius 2 is 1.94 bits per heavy atom. The number of benzene rings is 1. The van der Waals surface area contributed by atoms with E-state index in [9.17, 15) is 0 Å². The summed E-state index contributed by atoms with van der Waals surface area (Å²) in [6, 6.07) is 6.14. The molecule has 1 aromatic rings. The van der Waals surface area contributed by atoms with E-state index in [1.54, 1.807) is 7.11 Å². The van der Waals surface area contributed by atoms with E-state index in [-0.39, 0.29) is 11.6 Å². The topological polar surface area (TPSA) is 50.5 Å². The van der Waals surface area contributed by atoms with Crippen LogP contribution < -0.4 is 16.0 Å². The zero-order valence-electron chi connectivity index (χ0n) is 12.2. The lowest BCUT2D eigenvalue weighted by atomic mass is 9.87. The molecule has 102 valence electrons. The first kappa shape index (κ1) is 15.0. The number of hydrazine groups is 1. The van der Waals surface area contributed by atoms with Crippen LogP contribution in [0.1, 0.15) is 31.0 Å². The van der Waals surface area contributed by atoms with Gasteiger partial charge in [-0.05, 0) is 40.9 Å². The molecule has 1 unspecified atom stereocenters. The van der Waals surface area contributed by atoms with Gasteiger partial charge in [0, 0.05) is 11.1 Å². The molecule has 1 atom stereocenters. The summed E-state index contributed by atoms with van der Waals surface area (Å²) in [5, 5.41) is 0. The Kier molecular flexibility index (Phi) is 4.73. The predicted octanol–water partition coefficient (Wildman–Crippen LogP) is 1.85. The van der Waals surface area contributed by atoms with E-state index in [0.717, 1.165) is 11.3 Å². The number of hydrogen-bond donors (Lipinski definition) is 2. The lowest BCUT2D eigenvalue weighted by Gasteiger charge is -2.40. The second-order valence-electron chi connectivity index (χ2n) is 5.39. The van der Waals surface area contributed by atoms with E-state index in [4.69, 9.17) is 10.6 Å². The molecule has 0 heterocycles. The van der Waals surface area contributed by atoms with Crippen LogP contribution in [0.4, 0.5) is 0 Å². The highest BCUT2D eigenvalue weighted by Crippen LogP contribution is 2.34. The normalized spacial score (nSPS) is 13.8. The van der Waals surface area contributed by atoms with Crippen molar-refractivity contribution in [3.05, 3.63) is 29.3 Å². The fraction of sp³-hybridized carbons (Fsp3) is 0.571. The van der Waals surface area contributed by atoms with E-state index < -0.39 is 0 Å². The van der Waals surface area contributed by atoms with Gasteiger partial charge in [0.2, 0.25) is 0 Å². The molecular formula is C14H25N3O. The third-order valence-corrected chi connectivity index (χ3v) is 3.72. The molecular weight excluding hydrogens is 226 g/mol. The van der Waals surface area contributed by atoms with Gasteiger partial charge >= 0.3 is 0 Å². The van der Waals surface area contributed by atoms with Crippen LogP contribution in [0.3, 0.4) is 0 Å². The van der Waals surface area contributed by atoms with Gasteiger partial charge in [0.15, 0.2) is 0 Å². The van der Waals surface area contributed by atoms with Crippen molar-refractivity contribution in [3.8, 4) is 5.75 Å². The molecule has 0 saturated heterocycles. The molecule has 4 heteroatoms. The molecule has 0 aliphatic rings. The zero-order valence-corrected chi connectivity index (χ0v) is 12.2. The minimum Gasteiger partial charge on any atom is -0.496 e. The van der Waals surface area contributed by atoms with Gasteiger partial charge in [0.1, 0.15) is 5.75 Å². The average molecular weight is 251 g/mol. The molecule has 0 radical (unpaired) electrons. The predicted molar refractivity (Wildman–Crippen MR) is 75.6 cm³/mol. The van der Waals surface area contributed by atoms with Crippen molar-refractivity contribution in [1.29, 1.82) is 0 Å². The summed E-state index contributed by atoms with van der Waals surface area (Å²) in [6.07, 6.45) is 0. The molecule has 0 aromatic heterocycles. The standard InChI is InChI=1S/C14H25N3O/c1-10-7-8-12(18-6)11(9-10)13(16-15)14(2,3)17(4)5/h7-9,13,16H,15H2,1-6H3. The van der Waals surface area contributed by atoms with E-state index in [1.807, 2.05) is 26.2 Å². The van der Waals surface area contributed by atoms with E-state index in [0.29, 0.717) is 0 Å². The van der Waals surface area contributed by atoms with Crippen molar-refractivity contribution in [1.82, 2.24) is 10.3 Å². The van der Waals surface area contributed by atoms with Crippen molar-refractivity contribution >= 4 is 0 Å². The fourth-order valence-electron chi connectivity index (χ4n) is 2.01. The maximum absolute atomic E-state index is 5.77. The van der Waals surface area contributed by atoms with Crippen molar-refractivity contribution in [3.63, 3.8) is 0 Å². The number of ether oxygens (including phenoxy) is 1. The Labute approximate surface area is 110 Å². The Morgan fingerprint density at radius 1 is 1.33 bits per heavy atom. The minimum atomic E-state index is -0.129. The van der Waals surface area contributed by atoms with Crippen LogP contribution in [0.5, 0.6) is 5.75 Å². The Morgan fingerprint density at radius 3 is 2.39 bits per heavy atom. The number of nitrogens with one attached hydrogen (secondary N) is 1. The number of nitrogens with zero attached hydrogens (tertiary/aromatic N) is 1. The molecule has 0 fully saturated rings. The number of rotatable bonds is 5. The third kappa shape index (κ3) is 2.83. The zero-order chi connectivity index (χ0) is 13.9. The number of likely N-dealkylation sites (N-methyl/N-ethyl adjacent to an activating group) is 1. The number of hydrogen-bond acceptors (Lipinski definition) is 4. The summed E-state index contributed by atoms with van der Waals surface area (Å²) >= 11 is 0. The smallest absolute Gasteiger partial charge is 0.123 e. The van der Waals surface area contributed by atoms with E-state index in [2.05, 4.69) is 37.2 Å². The van der Waals surface area contributed by atoms with Gasteiger partial charge in [-0.3, -0.25) is 11.3 Å². The monoisotopic (exact) mass is 251 g/mol. The Bertz CT molecular complexity index is 402. The molecule has 1 aromatic carbocycles. The van der Waals surface area contributed by atoms with Gasteiger partial charge in [-0.1, -0.05) is 17.7 Å². The van der Waals surface area contributed by atoms with Crippen molar-refractivity contribution in [2.45, 2.75) is 32.4 Å². The lowest BCUT2D eigenvalue weighted by Crippen LogP contribution is -2.51. The molecule has 0 aliphatic carbocycles. The second-order valence-corrected chi connectivity index (χ2v) is 5.39. The van der Waals surface area contributed by atoms with Crippen molar-refractivity contribution in [2.24, 2.45) is 5.84 Å². The van der Waals surface area contributed by atoms with Crippen LogP contribution in [-0.4, -0.2) is 31.6 Å². The average Bonchev–Trinajstić information content (AvgIpc) is 2.29. The summed E-state index contributed by atoms with van der Waals surface area (Å²) in [5.74, 6) is 6.63. The van der Waals surface area contributed by atoms with Gasteiger partial charge in [-0.25, -0.2) is 0 Å². The highest BCUT2D eigenvalue weighted by molar-refractivity contribution is 5.40. The highest BCUT2D eigenvalue weighted by Gasteiger charge is 2.33. The van der Waals surface area contributed by atoms with Gasteiger partial charge in [0.05, 0.1) is 13.2 Å². The molecule has 0 spiro atoms. The summed E-state index contributed by atoms with van der Waals surface area (Å²) in [5.41, 5.74) is 5.07. The minimum absolute atomic E-state index is 0.0117. The Hall–Kier alpha value is -1.10. The summed E-state index contributed by atoms with van der Waals surface area (Å²) in [7, 11) is 5.78. The van der Waals surface area contributed by atoms with Crippen molar-refractivity contribution in [2.75, 3.05) is 21.2 Å². The molecule has 1 rings (SSSR count). The molecule has 0 aliphatic heterocycles. The number of nitrogens with two attached hydrogens (primary N) is 1. The molecule has 4 nitrogen and oxygen atoms in total. The van der Waals surface area contributed by atoms with Crippen LogP contribution in [0.2, 0.25) is 0 Å². The third-order valence-electron chi connectivity index (χ3n) is 3.72. The largest absolute Gasteiger partial charge is 0.496 e. The van der Waals surface area contributed by atoms with Gasteiger partial charge in [-0.2, -0.15) is 0 Å². The van der Waals surface area contributed by atoms with E-state index in [1.165, 1.54) is 5.56 Å². The second kappa shape index (κ2) is 5.69. The Balaban J connectivity index is 3.28. The summed E-state index contributed by atoms with van der Waals surface area (Å²) in [6.45, 7) is 6.37. The fourth-order valence-corrected chi connectivity index (χ4v) is 2.01. The van der Waals surface area contributed by atoms with Gasteiger partial charge < -0.3 is 9.64 Å².